The highest BCUT2D eigenvalue weighted by Crippen LogP contribution is 2.27. The molecule has 3 rings (SSSR count). The van der Waals surface area contributed by atoms with Crippen LogP contribution in [-0.4, -0.2) is 47.8 Å². The maximum Gasteiger partial charge on any atom is 0.315 e. The van der Waals surface area contributed by atoms with Crippen LogP contribution in [0.25, 0.3) is 0 Å². The standard InChI is InChI=1S/C17H24FN3O2/c18-13-6-2-1-5-12(13)16(22)11-19-17(23)20-14-8-10-21-9-4-3-7-15(14)21/h1-2,5-6,14-16,22H,3-4,7-11H2,(H2,19,20,23). The van der Waals surface area contributed by atoms with Crippen molar-refractivity contribution in [2.24, 2.45) is 0 Å². The lowest BCUT2D eigenvalue weighted by molar-refractivity contribution is 0.164. The lowest BCUT2D eigenvalue weighted by atomic mass is 9.99. The predicted molar refractivity (Wildman–Crippen MR) is 85.5 cm³/mol. The molecule has 3 N–H and O–H groups in total. The second-order valence-corrected chi connectivity index (χ2v) is 6.39. The van der Waals surface area contributed by atoms with E-state index >= 15 is 0 Å². The van der Waals surface area contributed by atoms with Crippen LogP contribution < -0.4 is 10.6 Å². The zero-order chi connectivity index (χ0) is 16.2. The lowest BCUT2D eigenvalue weighted by Crippen LogP contribution is -2.50. The summed E-state index contributed by atoms with van der Waals surface area (Å²) >= 11 is 0. The average Bonchev–Trinajstić information content (AvgIpc) is 2.96. The maximum atomic E-state index is 13.6. The van der Waals surface area contributed by atoms with E-state index in [1.54, 1.807) is 12.1 Å². The van der Waals surface area contributed by atoms with Crippen LogP contribution >= 0.6 is 0 Å². The molecule has 3 unspecified atom stereocenters. The Bertz CT molecular complexity index is 554. The van der Waals surface area contributed by atoms with Gasteiger partial charge >= 0.3 is 6.03 Å². The van der Waals surface area contributed by atoms with Gasteiger partial charge in [0.15, 0.2) is 0 Å². The highest BCUT2D eigenvalue weighted by Gasteiger charge is 2.36. The van der Waals surface area contributed by atoms with Crippen molar-refractivity contribution in [1.29, 1.82) is 0 Å². The molecule has 2 aliphatic heterocycles. The second kappa shape index (κ2) is 7.27. The SMILES string of the molecule is O=C(NCC(O)c1ccccc1F)NC1CCN2CCCCC12. The van der Waals surface area contributed by atoms with E-state index in [1.165, 1.54) is 25.0 Å². The fraction of sp³-hybridized carbons (Fsp3) is 0.588. The summed E-state index contributed by atoms with van der Waals surface area (Å²) < 4.78 is 13.6. The number of carbonyl (C=O) groups is 1. The van der Waals surface area contributed by atoms with Gasteiger partial charge in [-0.3, -0.25) is 4.90 Å². The molecule has 0 spiro atoms. The molecule has 0 aromatic heterocycles. The summed E-state index contributed by atoms with van der Waals surface area (Å²) in [5.74, 6) is -0.462. The Morgan fingerprint density at radius 1 is 1.30 bits per heavy atom. The first kappa shape index (κ1) is 16.2. The van der Waals surface area contributed by atoms with Gasteiger partial charge < -0.3 is 15.7 Å². The molecular weight excluding hydrogens is 297 g/mol. The van der Waals surface area contributed by atoms with Gasteiger partial charge in [-0.15, -0.1) is 0 Å². The van der Waals surface area contributed by atoms with Crippen LogP contribution in [0.1, 0.15) is 37.4 Å². The van der Waals surface area contributed by atoms with Crippen molar-refractivity contribution in [3.05, 3.63) is 35.6 Å². The highest BCUT2D eigenvalue weighted by molar-refractivity contribution is 5.74. The van der Waals surface area contributed by atoms with Crippen LogP contribution in [0.15, 0.2) is 24.3 Å². The molecule has 1 aromatic rings. The summed E-state index contributed by atoms with van der Waals surface area (Å²) in [5.41, 5.74) is 0.201. The molecule has 2 saturated heterocycles. The number of rotatable bonds is 4. The van der Waals surface area contributed by atoms with E-state index in [9.17, 15) is 14.3 Å². The number of amides is 2. The third kappa shape index (κ3) is 3.82. The van der Waals surface area contributed by atoms with E-state index in [-0.39, 0.29) is 24.2 Å². The Balaban J connectivity index is 1.47. The fourth-order valence-corrected chi connectivity index (χ4v) is 3.68. The molecule has 2 heterocycles. The van der Waals surface area contributed by atoms with Gasteiger partial charge in [0, 0.05) is 30.7 Å². The molecule has 3 atom stereocenters. The molecule has 0 bridgehead atoms. The number of hydrogen-bond donors (Lipinski definition) is 3. The van der Waals surface area contributed by atoms with E-state index in [2.05, 4.69) is 15.5 Å². The Labute approximate surface area is 135 Å². The van der Waals surface area contributed by atoms with Crippen molar-refractivity contribution in [1.82, 2.24) is 15.5 Å². The van der Waals surface area contributed by atoms with E-state index in [0.717, 1.165) is 25.9 Å². The van der Waals surface area contributed by atoms with Gasteiger partial charge in [-0.25, -0.2) is 9.18 Å². The van der Waals surface area contributed by atoms with Crippen molar-refractivity contribution >= 4 is 6.03 Å². The predicted octanol–water partition coefficient (Wildman–Crippen LogP) is 1.79. The number of fused-ring (bicyclic) bond motifs is 1. The zero-order valence-electron chi connectivity index (χ0n) is 13.2. The van der Waals surface area contributed by atoms with Gasteiger partial charge in [0.05, 0.1) is 6.10 Å². The molecule has 0 saturated carbocycles. The number of benzene rings is 1. The number of aliphatic hydroxyl groups excluding tert-OH is 1. The van der Waals surface area contributed by atoms with Gasteiger partial charge in [-0.2, -0.15) is 0 Å². The first-order valence-corrected chi connectivity index (χ1v) is 8.36. The van der Waals surface area contributed by atoms with Gasteiger partial charge in [-0.1, -0.05) is 24.6 Å². The first-order valence-electron chi connectivity index (χ1n) is 8.36. The number of piperidine rings is 1. The molecule has 2 fully saturated rings. The Hall–Kier alpha value is -1.66. The smallest absolute Gasteiger partial charge is 0.315 e. The normalized spacial score (nSPS) is 25.7. The minimum Gasteiger partial charge on any atom is -0.386 e. The summed E-state index contributed by atoms with van der Waals surface area (Å²) in [7, 11) is 0. The molecule has 2 amide bonds. The van der Waals surface area contributed by atoms with Crippen molar-refractivity contribution in [3.8, 4) is 0 Å². The topological polar surface area (TPSA) is 64.6 Å². The van der Waals surface area contributed by atoms with Gasteiger partial charge in [-0.05, 0) is 31.9 Å². The van der Waals surface area contributed by atoms with Gasteiger partial charge in [0.1, 0.15) is 5.82 Å². The second-order valence-electron chi connectivity index (χ2n) is 6.39. The van der Waals surface area contributed by atoms with Crippen molar-refractivity contribution < 1.29 is 14.3 Å². The number of halogens is 1. The zero-order valence-corrected chi connectivity index (χ0v) is 13.2. The lowest BCUT2D eigenvalue weighted by Gasteiger charge is -2.32. The first-order chi connectivity index (χ1) is 11.1. The van der Waals surface area contributed by atoms with Crippen LogP contribution in [0.2, 0.25) is 0 Å². The number of aliphatic hydroxyl groups is 1. The monoisotopic (exact) mass is 321 g/mol. The van der Waals surface area contributed by atoms with Crippen LogP contribution in [0, 0.1) is 5.82 Å². The van der Waals surface area contributed by atoms with Crippen molar-refractivity contribution in [2.75, 3.05) is 19.6 Å². The maximum absolute atomic E-state index is 13.6. The number of nitrogens with one attached hydrogen (secondary N) is 2. The van der Waals surface area contributed by atoms with Gasteiger partial charge in [0.25, 0.3) is 0 Å². The number of urea groups is 1. The van der Waals surface area contributed by atoms with Crippen LogP contribution in [0.5, 0.6) is 0 Å². The molecule has 0 radical (unpaired) electrons. The minimum absolute atomic E-state index is 0.00608. The summed E-state index contributed by atoms with van der Waals surface area (Å²) in [6.07, 6.45) is 3.50. The molecule has 6 heteroatoms. The summed E-state index contributed by atoms with van der Waals surface area (Å²) in [6, 6.07) is 6.37. The van der Waals surface area contributed by atoms with Crippen LogP contribution in [0.3, 0.4) is 0 Å². The molecular formula is C17H24FN3O2. The number of carbonyl (C=O) groups excluding carboxylic acids is 1. The van der Waals surface area contributed by atoms with Gasteiger partial charge in [0.2, 0.25) is 0 Å². The molecule has 126 valence electrons. The molecule has 0 aliphatic carbocycles. The van der Waals surface area contributed by atoms with E-state index in [1.807, 2.05) is 0 Å². The van der Waals surface area contributed by atoms with E-state index < -0.39 is 11.9 Å². The number of nitrogens with zero attached hydrogens (tertiary/aromatic N) is 1. The molecule has 1 aromatic carbocycles. The van der Waals surface area contributed by atoms with Crippen LogP contribution in [0.4, 0.5) is 9.18 Å². The Kier molecular flexibility index (Phi) is 5.13. The average molecular weight is 321 g/mol. The molecule has 2 aliphatic rings. The molecule has 23 heavy (non-hydrogen) atoms. The highest BCUT2D eigenvalue weighted by atomic mass is 19.1. The minimum atomic E-state index is -1.04. The van der Waals surface area contributed by atoms with E-state index in [0.29, 0.717) is 6.04 Å². The molecule has 5 nitrogen and oxygen atoms in total. The third-order valence-corrected chi connectivity index (χ3v) is 4.89. The number of hydrogen-bond acceptors (Lipinski definition) is 3. The fourth-order valence-electron chi connectivity index (χ4n) is 3.68. The Morgan fingerprint density at radius 3 is 2.96 bits per heavy atom. The Morgan fingerprint density at radius 2 is 2.13 bits per heavy atom. The van der Waals surface area contributed by atoms with Crippen molar-refractivity contribution in [3.63, 3.8) is 0 Å². The van der Waals surface area contributed by atoms with Crippen LogP contribution in [-0.2, 0) is 0 Å². The summed E-state index contributed by atoms with van der Waals surface area (Å²) in [4.78, 5) is 14.5. The summed E-state index contributed by atoms with van der Waals surface area (Å²) in [6.45, 7) is 2.15. The largest absolute Gasteiger partial charge is 0.386 e. The third-order valence-electron chi connectivity index (χ3n) is 4.89. The summed E-state index contributed by atoms with van der Waals surface area (Å²) in [5, 5.41) is 15.7. The van der Waals surface area contributed by atoms with E-state index in [4.69, 9.17) is 0 Å². The quantitative estimate of drug-likeness (QED) is 0.792. The van der Waals surface area contributed by atoms with Crippen molar-refractivity contribution in [2.45, 2.75) is 43.9 Å².